The number of carboxylic acid groups (broad SMARTS) is 1. The van der Waals surface area contributed by atoms with Gasteiger partial charge >= 0.3 is 6.09 Å². The van der Waals surface area contributed by atoms with E-state index in [-0.39, 0.29) is 22.9 Å². The van der Waals surface area contributed by atoms with Crippen LogP contribution in [0.25, 0.3) is 10.2 Å². The van der Waals surface area contributed by atoms with Gasteiger partial charge in [-0.05, 0) is 19.1 Å². The van der Waals surface area contributed by atoms with Crippen LogP contribution < -0.4 is 10.2 Å². The Labute approximate surface area is 166 Å². The molecule has 0 aliphatic rings. The van der Waals surface area contributed by atoms with E-state index in [9.17, 15) is 24.1 Å². The number of aromatic nitrogens is 1. The van der Waals surface area contributed by atoms with Gasteiger partial charge in [0.1, 0.15) is 5.75 Å². The van der Waals surface area contributed by atoms with Crippen molar-refractivity contribution in [3.8, 4) is 11.5 Å². The van der Waals surface area contributed by atoms with Crippen molar-refractivity contribution >= 4 is 39.2 Å². The van der Waals surface area contributed by atoms with E-state index in [4.69, 9.17) is 9.84 Å². The molecule has 10 nitrogen and oxygen atoms in total. The van der Waals surface area contributed by atoms with Crippen LogP contribution in [-0.2, 0) is 0 Å². The number of fused-ring (bicyclic) bond motifs is 1. The molecule has 0 saturated carbocycles. The molecule has 0 unspecified atom stereocenters. The summed E-state index contributed by atoms with van der Waals surface area (Å²) >= 11 is 0.980. The van der Waals surface area contributed by atoms with Crippen LogP contribution in [0, 0.1) is 15.9 Å². The van der Waals surface area contributed by atoms with Crippen LogP contribution in [0.5, 0.6) is 11.5 Å². The first-order valence-electron chi connectivity index (χ1n) is 8.12. The van der Waals surface area contributed by atoms with Gasteiger partial charge in [0.05, 0.1) is 26.1 Å². The van der Waals surface area contributed by atoms with Crippen molar-refractivity contribution in [3.63, 3.8) is 0 Å². The van der Waals surface area contributed by atoms with Crippen LogP contribution in [0.4, 0.5) is 14.9 Å². The molecule has 2 amide bonds. The number of ether oxygens (including phenoxy) is 1. The number of thiophene rings is 1. The molecule has 0 aliphatic carbocycles. The number of hydrogen-bond acceptors (Lipinski definition) is 7. The summed E-state index contributed by atoms with van der Waals surface area (Å²) in [5, 5.41) is 20.4. The molecule has 1 aromatic carbocycles. The molecule has 0 radical (unpaired) electrons. The van der Waals surface area contributed by atoms with Gasteiger partial charge in [-0.25, -0.2) is 14.2 Å². The molecule has 2 N–H and O–H groups in total. The van der Waals surface area contributed by atoms with Crippen molar-refractivity contribution in [2.75, 3.05) is 6.54 Å². The molecule has 0 fully saturated rings. The fourth-order valence-electron chi connectivity index (χ4n) is 2.35. The van der Waals surface area contributed by atoms with Gasteiger partial charge in [0.25, 0.3) is 11.6 Å². The number of non-ortho nitro benzene ring substituents is 1. The quantitative estimate of drug-likeness (QED) is 0.474. The Balaban J connectivity index is 1.90. The van der Waals surface area contributed by atoms with Gasteiger partial charge in [-0.2, -0.15) is 0 Å². The van der Waals surface area contributed by atoms with Gasteiger partial charge in [0.2, 0.25) is 0 Å². The topological polar surface area (TPSA) is 135 Å². The number of nitro benzene ring substituents is 1. The molecule has 0 spiro atoms. The highest BCUT2D eigenvalue weighted by Crippen LogP contribution is 2.36. The summed E-state index contributed by atoms with van der Waals surface area (Å²) in [6.45, 7) is 1.61. The second-order valence-electron chi connectivity index (χ2n) is 5.58. The first-order chi connectivity index (χ1) is 13.8. The van der Waals surface area contributed by atoms with Gasteiger partial charge < -0.3 is 9.84 Å². The minimum Gasteiger partial charge on any atom is -0.464 e. The van der Waals surface area contributed by atoms with E-state index in [1.807, 2.05) is 0 Å². The molecule has 3 aromatic rings. The lowest BCUT2D eigenvalue weighted by Gasteiger charge is -2.16. The fourth-order valence-corrected chi connectivity index (χ4v) is 3.31. The number of halogens is 1. The average Bonchev–Trinajstić information content (AvgIpc) is 3.12. The van der Waals surface area contributed by atoms with E-state index < -0.39 is 28.4 Å². The molecule has 12 heteroatoms. The third-order valence-corrected chi connectivity index (χ3v) is 4.87. The minimum atomic E-state index is -1.31. The van der Waals surface area contributed by atoms with Crippen molar-refractivity contribution in [2.24, 2.45) is 0 Å². The Bertz CT molecular complexity index is 1120. The lowest BCUT2D eigenvalue weighted by Crippen LogP contribution is -2.45. The standard InChI is InChI=1S/C17H13FN4O6S/c1-2-21(17(24)25)20-16(23)14-8-11-15(29-14)13(5-6-19-11)28-12-4-3-9(22(26)27)7-10(12)18/h3-8H,2H2,1H3,(H,20,23)(H,24,25). The Morgan fingerprint density at radius 3 is 2.72 bits per heavy atom. The molecule has 2 aromatic heterocycles. The number of carbonyl (C=O) groups is 2. The van der Waals surface area contributed by atoms with E-state index >= 15 is 0 Å². The van der Waals surface area contributed by atoms with Gasteiger partial charge in [-0.1, -0.05) is 0 Å². The van der Waals surface area contributed by atoms with Crippen molar-refractivity contribution in [1.82, 2.24) is 15.4 Å². The van der Waals surface area contributed by atoms with E-state index in [0.29, 0.717) is 10.2 Å². The van der Waals surface area contributed by atoms with Crippen LogP contribution in [-0.4, -0.2) is 38.6 Å². The summed E-state index contributed by atoms with van der Waals surface area (Å²) in [6.07, 6.45) is 0.0862. The number of nitrogens with one attached hydrogen (secondary N) is 1. The lowest BCUT2D eigenvalue weighted by molar-refractivity contribution is -0.385. The lowest BCUT2D eigenvalue weighted by atomic mass is 10.3. The molecule has 0 saturated heterocycles. The summed E-state index contributed by atoms with van der Waals surface area (Å²) in [5.74, 6) is -1.61. The number of hydrogen-bond donors (Lipinski definition) is 2. The smallest absolute Gasteiger partial charge is 0.426 e. The Morgan fingerprint density at radius 2 is 2.10 bits per heavy atom. The number of carbonyl (C=O) groups excluding carboxylic acids is 1. The SMILES string of the molecule is CCN(NC(=O)c1cc2nccc(Oc3ccc([N+](=O)[O-])cc3F)c2s1)C(=O)O. The number of benzene rings is 1. The molecule has 0 atom stereocenters. The summed E-state index contributed by atoms with van der Waals surface area (Å²) in [6, 6.07) is 5.88. The second-order valence-corrected chi connectivity index (χ2v) is 6.63. The minimum absolute atomic E-state index is 0.0536. The average molecular weight is 420 g/mol. The van der Waals surface area contributed by atoms with Crippen molar-refractivity contribution in [1.29, 1.82) is 0 Å². The molecule has 3 rings (SSSR count). The van der Waals surface area contributed by atoms with Crippen LogP contribution >= 0.6 is 11.3 Å². The van der Waals surface area contributed by atoms with E-state index in [2.05, 4.69) is 10.4 Å². The molecule has 150 valence electrons. The van der Waals surface area contributed by atoms with Crippen LogP contribution in [0.15, 0.2) is 36.5 Å². The third-order valence-electron chi connectivity index (χ3n) is 3.73. The van der Waals surface area contributed by atoms with E-state index in [0.717, 1.165) is 34.5 Å². The van der Waals surface area contributed by atoms with Gasteiger partial charge in [0, 0.05) is 24.9 Å². The molecule has 0 bridgehead atoms. The highest BCUT2D eigenvalue weighted by Gasteiger charge is 2.19. The van der Waals surface area contributed by atoms with Crippen LogP contribution in [0.1, 0.15) is 16.6 Å². The predicted octanol–water partition coefficient (Wildman–Crippen LogP) is 3.78. The first-order valence-corrected chi connectivity index (χ1v) is 8.93. The van der Waals surface area contributed by atoms with E-state index in [1.165, 1.54) is 18.3 Å². The summed E-state index contributed by atoms with van der Waals surface area (Å²) in [7, 11) is 0. The molecule has 2 heterocycles. The van der Waals surface area contributed by atoms with Crippen molar-refractivity contribution < 1.29 is 28.7 Å². The summed E-state index contributed by atoms with van der Waals surface area (Å²) in [4.78, 5) is 37.6. The summed E-state index contributed by atoms with van der Waals surface area (Å²) in [5.41, 5.74) is 2.23. The largest absolute Gasteiger partial charge is 0.464 e. The van der Waals surface area contributed by atoms with Gasteiger partial charge in [-0.15, -0.1) is 11.3 Å². The maximum Gasteiger partial charge on any atom is 0.426 e. The monoisotopic (exact) mass is 420 g/mol. The highest BCUT2D eigenvalue weighted by atomic mass is 32.1. The zero-order valence-electron chi connectivity index (χ0n) is 14.8. The van der Waals surface area contributed by atoms with Crippen molar-refractivity contribution in [3.05, 3.63) is 57.3 Å². The number of rotatable bonds is 5. The maximum atomic E-state index is 14.1. The predicted molar refractivity (Wildman–Crippen MR) is 101 cm³/mol. The molecule has 0 aliphatic heterocycles. The Kier molecular flexibility index (Phi) is 5.54. The summed E-state index contributed by atoms with van der Waals surface area (Å²) < 4.78 is 20.1. The number of pyridine rings is 1. The maximum absolute atomic E-state index is 14.1. The zero-order chi connectivity index (χ0) is 21.1. The first kappa shape index (κ1) is 19.9. The molecular formula is C17H13FN4O6S. The number of nitrogens with zero attached hydrogens (tertiary/aromatic N) is 3. The normalized spacial score (nSPS) is 10.6. The molecular weight excluding hydrogens is 407 g/mol. The van der Waals surface area contributed by atoms with Crippen LogP contribution in [0.2, 0.25) is 0 Å². The number of nitro groups is 1. The Hall–Kier alpha value is -3.80. The Morgan fingerprint density at radius 1 is 1.34 bits per heavy atom. The van der Waals surface area contributed by atoms with Gasteiger partial charge in [0.15, 0.2) is 11.6 Å². The second kappa shape index (κ2) is 8.06. The van der Waals surface area contributed by atoms with Crippen LogP contribution in [0.3, 0.4) is 0 Å². The van der Waals surface area contributed by atoms with Gasteiger partial charge in [-0.3, -0.25) is 25.3 Å². The number of hydrazine groups is 1. The zero-order valence-corrected chi connectivity index (χ0v) is 15.6. The third kappa shape index (κ3) is 4.21. The van der Waals surface area contributed by atoms with E-state index in [1.54, 1.807) is 6.92 Å². The highest BCUT2D eigenvalue weighted by molar-refractivity contribution is 7.21. The molecule has 29 heavy (non-hydrogen) atoms. The van der Waals surface area contributed by atoms with Crippen molar-refractivity contribution in [2.45, 2.75) is 6.92 Å². The number of amides is 2. The fraction of sp³-hybridized carbons (Fsp3) is 0.118.